The molecule has 0 aliphatic carbocycles. The van der Waals surface area contributed by atoms with Crippen LogP contribution >= 0.6 is 0 Å². The SMILES string of the molecule is CC1CC(C(=O)O)CN(C(=O)Nc2ccc(C(=O)N3CCOCC3)cc2)C1. The summed E-state index contributed by atoms with van der Waals surface area (Å²) in [5, 5.41) is 12.0. The van der Waals surface area contributed by atoms with Crippen molar-refractivity contribution in [2.75, 3.05) is 44.7 Å². The molecular formula is C19H25N3O5. The number of rotatable bonds is 3. The number of carbonyl (C=O) groups excluding carboxylic acids is 2. The predicted octanol–water partition coefficient (Wildman–Crippen LogP) is 1.73. The van der Waals surface area contributed by atoms with E-state index in [1.165, 1.54) is 0 Å². The van der Waals surface area contributed by atoms with Crippen molar-refractivity contribution in [3.05, 3.63) is 29.8 Å². The van der Waals surface area contributed by atoms with Gasteiger partial charge in [-0.05, 0) is 36.6 Å². The molecular weight excluding hydrogens is 350 g/mol. The van der Waals surface area contributed by atoms with E-state index in [-0.39, 0.29) is 24.4 Å². The topological polar surface area (TPSA) is 99.2 Å². The minimum Gasteiger partial charge on any atom is -0.481 e. The highest BCUT2D eigenvalue weighted by Crippen LogP contribution is 2.23. The van der Waals surface area contributed by atoms with Crippen molar-refractivity contribution in [2.24, 2.45) is 11.8 Å². The van der Waals surface area contributed by atoms with Crippen molar-refractivity contribution in [1.29, 1.82) is 0 Å². The molecule has 146 valence electrons. The van der Waals surface area contributed by atoms with Gasteiger partial charge in [0.1, 0.15) is 0 Å². The quantitative estimate of drug-likeness (QED) is 0.838. The molecule has 0 saturated carbocycles. The van der Waals surface area contributed by atoms with Crippen LogP contribution in [0.15, 0.2) is 24.3 Å². The zero-order chi connectivity index (χ0) is 19.4. The highest BCUT2D eigenvalue weighted by molar-refractivity contribution is 5.95. The molecule has 1 aromatic rings. The molecule has 2 fully saturated rings. The number of nitrogens with one attached hydrogen (secondary N) is 1. The van der Waals surface area contributed by atoms with Crippen LogP contribution in [0.3, 0.4) is 0 Å². The van der Waals surface area contributed by atoms with Crippen LogP contribution in [0.2, 0.25) is 0 Å². The van der Waals surface area contributed by atoms with Gasteiger partial charge >= 0.3 is 12.0 Å². The van der Waals surface area contributed by atoms with E-state index in [1.54, 1.807) is 34.1 Å². The van der Waals surface area contributed by atoms with Crippen LogP contribution in [0, 0.1) is 11.8 Å². The lowest BCUT2D eigenvalue weighted by molar-refractivity contribution is -0.143. The minimum atomic E-state index is -0.870. The highest BCUT2D eigenvalue weighted by atomic mass is 16.5. The summed E-state index contributed by atoms with van der Waals surface area (Å²) in [6, 6.07) is 6.43. The lowest BCUT2D eigenvalue weighted by Crippen LogP contribution is -2.47. The number of piperidine rings is 1. The predicted molar refractivity (Wildman–Crippen MR) is 98.7 cm³/mol. The molecule has 8 nitrogen and oxygen atoms in total. The number of anilines is 1. The number of morpholine rings is 1. The average molecular weight is 375 g/mol. The van der Waals surface area contributed by atoms with E-state index >= 15 is 0 Å². The third-order valence-electron chi connectivity index (χ3n) is 4.98. The number of ether oxygens (including phenoxy) is 1. The van der Waals surface area contributed by atoms with Crippen LogP contribution in [0.25, 0.3) is 0 Å². The number of carboxylic acid groups (broad SMARTS) is 1. The zero-order valence-corrected chi connectivity index (χ0v) is 15.4. The molecule has 2 aliphatic heterocycles. The van der Waals surface area contributed by atoms with Gasteiger partial charge in [-0.15, -0.1) is 0 Å². The number of aliphatic carboxylic acids is 1. The van der Waals surface area contributed by atoms with Crippen LogP contribution in [0.1, 0.15) is 23.7 Å². The number of amides is 3. The Morgan fingerprint density at radius 2 is 1.74 bits per heavy atom. The first-order valence-corrected chi connectivity index (χ1v) is 9.20. The molecule has 0 bridgehead atoms. The lowest BCUT2D eigenvalue weighted by atomic mass is 9.91. The van der Waals surface area contributed by atoms with Gasteiger partial charge in [-0.2, -0.15) is 0 Å². The monoisotopic (exact) mass is 375 g/mol. The van der Waals surface area contributed by atoms with Crippen LogP contribution in [-0.4, -0.2) is 72.2 Å². The second kappa shape index (κ2) is 8.39. The maximum atomic E-state index is 12.5. The van der Waals surface area contributed by atoms with E-state index in [1.807, 2.05) is 6.92 Å². The Bertz CT molecular complexity index is 700. The summed E-state index contributed by atoms with van der Waals surface area (Å²) in [6.07, 6.45) is 0.581. The molecule has 1 aromatic carbocycles. The third kappa shape index (κ3) is 4.77. The van der Waals surface area contributed by atoms with Crippen molar-refractivity contribution in [1.82, 2.24) is 9.80 Å². The Morgan fingerprint density at radius 3 is 2.37 bits per heavy atom. The van der Waals surface area contributed by atoms with Gasteiger partial charge in [0.2, 0.25) is 0 Å². The van der Waals surface area contributed by atoms with Gasteiger partial charge < -0.3 is 25.0 Å². The van der Waals surface area contributed by atoms with Gasteiger partial charge in [0.15, 0.2) is 0 Å². The highest BCUT2D eigenvalue weighted by Gasteiger charge is 2.32. The first-order chi connectivity index (χ1) is 12.9. The van der Waals surface area contributed by atoms with Crippen molar-refractivity contribution in [2.45, 2.75) is 13.3 Å². The molecule has 2 unspecified atom stereocenters. The van der Waals surface area contributed by atoms with E-state index in [0.717, 1.165) is 0 Å². The van der Waals surface area contributed by atoms with Crippen molar-refractivity contribution in [3.8, 4) is 0 Å². The summed E-state index contributed by atoms with van der Waals surface area (Å²) < 4.78 is 5.25. The fourth-order valence-electron chi connectivity index (χ4n) is 3.54. The normalized spacial score (nSPS) is 23.0. The Morgan fingerprint density at radius 1 is 1.07 bits per heavy atom. The van der Waals surface area contributed by atoms with Gasteiger partial charge in [0.05, 0.1) is 19.1 Å². The number of benzene rings is 1. The Labute approximate surface area is 158 Å². The van der Waals surface area contributed by atoms with E-state index < -0.39 is 11.9 Å². The van der Waals surface area contributed by atoms with Gasteiger partial charge in [-0.1, -0.05) is 6.92 Å². The van der Waals surface area contributed by atoms with Gasteiger partial charge in [-0.25, -0.2) is 4.79 Å². The number of urea groups is 1. The molecule has 2 N–H and O–H groups in total. The second-order valence-corrected chi connectivity index (χ2v) is 7.19. The zero-order valence-electron chi connectivity index (χ0n) is 15.4. The molecule has 3 rings (SSSR count). The number of hydrogen-bond donors (Lipinski definition) is 2. The fraction of sp³-hybridized carbons (Fsp3) is 0.526. The van der Waals surface area contributed by atoms with E-state index in [2.05, 4.69) is 5.32 Å². The van der Waals surface area contributed by atoms with Crippen molar-refractivity contribution < 1.29 is 24.2 Å². The van der Waals surface area contributed by atoms with Gasteiger partial charge in [-0.3, -0.25) is 9.59 Å². The van der Waals surface area contributed by atoms with Gasteiger partial charge in [0, 0.05) is 37.4 Å². The minimum absolute atomic E-state index is 0.0506. The van der Waals surface area contributed by atoms with Crippen LogP contribution in [0.5, 0.6) is 0 Å². The summed E-state index contributed by atoms with van der Waals surface area (Å²) >= 11 is 0. The van der Waals surface area contributed by atoms with Crippen LogP contribution < -0.4 is 5.32 Å². The molecule has 8 heteroatoms. The molecule has 27 heavy (non-hydrogen) atoms. The summed E-state index contributed by atoms with van der Waals surface area (Å²) in [7, 11) is 0. The second-order valence-electron chi connectivity index (χ2n) is 7.19. The van der Waals surface area contributed by atoms with Crippen LogP contribution in [-0.2, 0) is 9.53 Å². The molecule has 2 saturated heterocycles. The van der Waals surface area contributed by atoms with Crippen molar-refractivity contribution in [3.63, 3.8) is 0 Å². The molecule has 0 spiro atoms. The maximum Gasteiger partial charge on any atom is 0.321 e. The maximum absolute atomic E-state index is 12.5. The number of carbonyl (C=O) groups is 3. The van der Waals surface area contributed by atoms with Crippen LogP contribution in [0.4, 0.5) is 10.5 Å². The number of carboxylic acids is 1. The van der Waals surface area contributed by atoms with E-state index in [9.17, 15) is 19.5 Å². The smallest absolute Gasteiger partial charge is 0.321 e. The summed E-state index contributed by atoms with van der Waals surface area (Å²) in [5.74, 6) is -1.32. The first-order valence-electron chi connectivity index (χ1n) is 9.20. The molecule has 2 aliphatic rings. The number of likely N-dealkylation sites (tertiary alicyclic amines) is 1. The van der Waals surface area contributed by atoms with Gasteiger partial charge in [0.25, 0.3) is 5.91 Å². The molecule has 2 heterocycles. The molecule has 3 amide bonds. The molecule has 0 aromatic heterocycles. The molecule has 0 radical (unpaired) electrons. The first kappa shape index (κ1) is 19.2. The molecule has 2 atom stereocenters. The number of nitrogens with zero attached hydrogens (tertiary/aromatic N) is 2. The average Bonchev–Trinajstić information content (AvgIpc) is 2.68. The summed E-state index contributed by atoms with van der Waals surface area (Å²) in [4.78, 5) is 39.5. The Kier molecular flexibility index (Phi) is 5.95. The van der Waals surface area contributed by atoms with Crippen molar-refractivity contribution >= 4 is 23.6 Å². The third-order valence-corrected chi connectivity index (χ3v) is 4.98. The standard InChI is InChI=1S/C19H25N3O5/c1-13-10-15(18(24)25)12-22(11-13)19(26)20-16-4-2-14(3-5-16)17(23)21-6-8-27-9-7-21/h2-5,13,15H,6-12H2,1H3,(H,20,26)(H,24,25). The number of hydrogen-bond acceptors (Lipinski definition) is 4. The van der Waals surface area contributed by atoms with E-state index in [4.69, 9.17) is 4.74 Å². The lowest BCUT2D eigenvalue weighted by Gasteiger charge is -2.34. The Balaban J connectivity index is 1.59. The Hall–Kier alpha value is -2.61. The van der Waals surface area contributed by atoms with E-state index in [0.29, 0.717) is 50.5 Å². The largest absolute Gasteiger partial charge is 0.481 e. The summed E-state index contributed by atoms with van der Waals surface area (Å²) in [6.45, 7) is 4.94. The summed E-state index contributed by atoms with van der Waals surface area (Å²) in [5.41, 5.74) is 1.14. The fourth-order valence-corrected chi connectivity index (χ4v) is 3.54.